The average Bonchev–Trinajstić information content (AvgIpc) is 2.96. The number of amides is 1. The van der Waals surface area contributed by atoms with Gasteiger partial charge in [-0.1, -0.05) is 18.9 Å². The fraction of sp³-hybridized carbons (Fsp3) is 0.467. The van der Waals surface area contributed by atoms with Crippen molar-refractivity contribution in [2.24, 2.45) is 0 Å². The Morgan fingerprint density at radius 2 is 2.11 bits per heavy atom. The zero-order chi connectivity index (χ0) is 13.4. The van der Waals surface area contributed by atoms with E-state index in [-0.39, 0.29) is 5.91 Å². The zero-order valence-corrected chi connectivity index (χ0v) is 11.4. The fourth-order valence-electron chi connectivity index (χ4n) is 2.91. The topological polar surface area (TPSA) is 46.4 Å². The molecular formula is C15H19N3O. The van der Waals surface area contributed by atoms with Crippen molar-refractivity contribution in [2.45, 2.75) is 45.6 Å². The van der Waals surface area contributed by atoms with Gasteiger partial charge in [-0.15, -0.1) is 0 Å². The lowest BCUT2D eigenvalue weighted by Crippen LogP contribution is -2.33. The SMILES string of the molecule is Cc1nc2c(C)cccn2c1C(=O)NC1CCCC1. The van der Waals surface area contributed by atoms with E-state index in [1.807, 2.05) is 36.6 Å². The van der Waals surface area contributed by atoms with E-state index >= 15 is 0 Å². The Morgan fingerprint density at radius 3 is 2.84 bits per heavy atom. The average molecular weight is 257 g/mol. The maximum absolute atomic E-state index is 12.4. The predicted octanol–water partition coefficient (Wildman–Crippen LogP) is 2.62. The number of nitrogens with zero attached hydrogens (tertiary/aromatic N) is 2. The molecule has 2 heterocycles. The van der Waals surface area contributed by atoms with Crippen molar-refractivity contribution in [2.75, 3.05) is 0 Å². The van der Waals surface area contributed by atoms with Crippen molar-refractivity contribution in [1.82, 2.24) is 14.7 Å². The summed E-state index contributed by atoms with van der Waals surface area (Å²) in [6.07, 6.45) is 6.54. The largest absolute Gasteiger partial charge is 0.348 e. The van der Waals surface area contributed by atoms with Gasteiger partial charge in [0.05, 0.1) is 5.69 Å². The number of nitrogens with one attached hydrogen (secondary N) is 1. The highest BCUT2D eigenvalue weighted by Gasteiger charge is 2.22. The summed E-state index contributed by atoms with van der Waals surface area (Å²) in [5.41, 5.74) is 3.43. The van der Waals surface area contributed by atoms with E-state index in [0.29, 0.717) is 11.7 Å². The van der Waals surface area contributed by atoms with Crippen LogP contribution in [0.4, 0.5) is 0 Å². The molecule has 1 amide bonds. The molecule has 3 rings (SSSR count). The van der Waals surface area contributed by atoms with Gasteiger partial charge in [0.2, 0.25) is 0 Å². The first-order chi connectivity index (χ1) is 9.16. The number of aromatic nitrogens is 2. The van der Waals surface area contributed by atoms with Crippen LogP contribution in [0.15, 0.2) is 18.3 Å². The van der Waals surface area contributed by atoms with Crippen LogP contribution in [0.3, 0.4) is 0 Å². The maximum Gasteiger partial charge on any atom is 0.270 e. The van der Waals surface area contributed by atoms with Crippen molar-refractivity contribution >= 4 is 11.6 Å². The maximum atomic E-state index is 12.4. The number of rotatable bonds is 2. The molecular weight excluding hydrogens is 238 g/mol. The molecule has 1 saturated carbocycles. The summed E-state index contributed by atoms with van der Waals surface area (Å²) in [6.45, 7) is 3.91. The molecule has 100 valence electrons. The first kappa shape index (κ1) is 12.2. The van der Waals surface area contributed by atoms with E-state index in [1.165, 1.54) is 12.8 Å². The minimum Gasteiger partial charge on any atom is -0.348 e. The molecule has 4 heteroatoms. The Morgan fingerprint density at radius 1 is 1.37 bits per heavy atom. The van der Waals surface area contributed by atoms with Gasteiger partial charge in [0.25, 0.3) is 5.91 Å². The second-order valence-electron chi connectivity index (χ2n) is 5.39. The number of hydrogen-bond acceptors (Lipinski definition) is 2. The molecule has 4 nitrogen and oxygen atoms in total. The Hall–Kier alpha value is -1.84. The Labute approximate surface area is 112 Å². The zero-order valence-electron chi connectivity index (χ0n) is 11.4. The van der Waals surface area contributed by atoms with Gasteiger partial charge in [-0.2, -0.15) is 0 Å². The van der Waals surface area contributed by atoms with Crippen LogP contribution in [0.25, 0.3) is 5.65 Å². The van der Waals surface area contributed by atoms with E-state index in [0.717, 1.165) is 29.7 Å². The quantitative estimate of drug-likeness (QED) is 0.899. The van der Waals surface area contributed by atoms with Gasteiger partial charge in [-0.05, 0) is 38.3 Å². The van der Waals surface area contributed by atoms with Crippen LogP contribution in [-0.2, 0) is 0 Å². The number of hydrogen-bond donors (Lipinski definition) is 1. The standard InChI is InChI=1S/C15H19N3O/c1-10-6-5-9-18-13(11(2)16-14(10)18)15(19)17-12-7-3-4-8-12/h5-6,9,12H,3-4,7-8H2,1-2H3,(H,17,19). The second kappa shape index (κ2) is 4.68. The minimum absolute atomic E-state index is 0.00231. The highest BCUT2D eigenvalue weighted by atomic mass is 16.2. The Bertz CT molecular complexity index is 624. The molecule has 0 radical (unpaired) electrons. The summed E-state index contributed by atoms with van der Waals surface area (Å²) < 4.78 is 1.90. The molecule has 1 aliphatic rings. The summed E-state index contributed by atoms with van der Waals surface area (Å²) in [4.78, 5) is 16.9. The molecule has 1 fully saturated rings. The van der Waals surface area contributed by atoms with Crippen LogP contribution in [0, 0.1) is 13.8 Å². The number of pyridine rings is 1. The lowest BCUT2D eigenvalue weighted by Gasteiger charge is -2.12. The normalized spacial score (nSPS) is 16.1. The molecule has 0 aromatic carbocycles. The van der Waals surface area contributed by atoms with Crippen LogP contribution in [0.2, 0.25) is 0 Å². The van der Waals surface area contributed by atoms with Gasteiger partial charge in [-0.3, -0.25) is 9.20 Å². The van der Waals surface area contributed by atoms with E-state index < -0.39 is 0 Å². The summed E-state index contributed by atoms with van der Waals surface area (Å²) in [7, 11) is 0. The summed E-state index contributed by atoms with van der Waals surface area (Å²) in [6, 6.07) is 4.30. The number of carbonyl (C=O) groups is 1. The van der Waals surface area contributed by atoms with E-state index in [4.69, 9.17) is 0 Å². The van der Waals surface area contributed by atoms with Gasteiger partial charge in [0, 0.05) is 12.2 Å². The van der Waals surface area contributed by atoms with Crippen molar-refractivity contribution in [3.8, 4) is 0 Å². The third kappa shape index (κ3) is 2.11. The lowest BCUT2D eigenvalue weighted by molar-refractivity contribution is 0.0931. The molecule has 2 aromatic rings. The van der Waals surface area contributed by atoms with E-state index in [9.17, 15) is 4.79 Å². The summed E-state index contributed by atoms with van der Waals surface area (Å²) >= 11 is 0. The summed E-state index contributed by atoms with van der Waals surface area (Å²) in [5.74, 6) is 0.00231. The molecule has 0 unspecified atom stereocenters. The molecule has 0 aliphatic heterocycles. The number of imidazole rings is 1. The molecule has 19 heavy (non-hydrogen) atoms. The van der Waals surface area contributed by atoms with Crippen molar-refractivity contribution in [3.63, 3.8) is 0 Å². The van der Waals surface area contributed by atoms with Crippen molar-refractivity contribution in [1.29, 1.82) is 0 Å². The number of aryl methyl sites for hydroxylation is 2. The van der Waals surface area contributed by atoms with Crippen LogP contribution >= 0.6 is 0 Å². The Balaban J connectivity index is 1.97. The van der Waals surface area contributed by atoms with E-state index in [1.54, 1.807) is 0 Å². The van der Waals surface area contributed by atoms with Gasteiger partial charge in [-0.25, -0.2) is 4.98 Å². The van der Waals surface area contributed by atoms with Gasteiger partial charge >= 0.3 is 0 Å². The molecule has 0 spiro atoms. The molecule has 0 saturated heterocycles. The molecule has 0 bridgehead atoms. The van der Waals surface area contributed by atoms with Gasteiger partial charge in [0.1, 0.15) is 11.3 Å². The highest BCUT2D eigenvalue weighted by molar-refractivity contribution is 5.95. The fourth-order valence-corrected chi connectivity index (χ4v) is 2.91. The highest BCUT2D eigenvalue weighted by Crippen LogP contribution is 2.20. The second-order valence-corrected chi connectivity index (χ2v) is 5.39. The minimum atomic E-state index is 0.00231. The van der Waals surface area contributed by atoms with Gasteiger partial charge in [0.15, 0.2) is 0 Å². The van der Waals surface area contributed by atoms with Gasteiger partial charge < -0.3 is 5.32 Å². The smallest absolute Gasteiger partial charge is 0.270 e. The van der Waals surface area contributed by atoms with Crippen LogP contribution in [-0.4, -0.2) is 21.3 Å². The summed E-state index contributed by atoms with van der Waals surface area (Å²) in [5, 5.41) is 3.13. The molecule has 1 N–H and O–H groups in total. The number of fused-ring (bicyclic) bond motifs is 1. The Kier molecular flexibility index (Phi) is 3.01. The number of carbonyl (C=O) groups excluding carboxylic acids is 1. The van der Waals surface area contributed by atoms with Crippen LogP contribution in [0.1, 0.15) is 47.4 Å². The predicted molar refractivity (Wildman–Crippen MR) is 74.4 cm³/mol. The first-order valence-electron chi connectivity index (χ1n) is 6.92. The lowest BCUT2D eigenvalue weighted by atomic mass is 10.2. The molecule has 2 aromatic heterocycles. The third-order valence-electron chi connectivity index (χ3n) is 3.92. The van der Waals surface area contributed by atoms with Crippen molar-refractivity contribution in [3.05, 3.63) is 35.3 Å². The van der Waals surface area contributed by atoms with Crippen molar-refractivity contribution < 1.29 is 4.79 Å². The molecule has 1 aliphatic carbocycles. The first-order valence-corrected chi connectivity index (χ1v) is 6.92. The third-order valence-corrected chi connectivity index (χ3v) is 3.92. The molecule has 0 atom stereocenters. The van der Waals surface area contributed by atoms with Crippen LogP contribution < -0.4 is 5.32 Å². The van der Waals surface area contributed by atoms with Crippen LogP contribution in [0.5, 0.6) is 0 Å². The van der Waals surface area contributed by atoms with E-state index in [2.05, 4.69) is 10.3 Å². The monoisotopic (exact) mass is 257 g/mol.